The molecule has 1 amide bonds. The maximum absolute atomic E-state index is 14.0. The van der Waals surface area contributed by atoms with E-state index in [1.807, 2.05) is 18.2 Å². The Balaban J connectivity index is 1.98. The summed E-state index contributed by atoms with van der Waals surface area (Å²) in [6, 6.07) is 9.59. The van der Waals surface area contributed by atoms with E-state index in [4.69, 9.17) is 5.73 Å². The van der Waals surface area contributed by atoms with Crippen molar-refractivity contribution in [1.29, 1.82) is 0 Å². The smallest absolute Gasteiger partial charge is 0.248 e. The molecule has 21 heavy (non-hydrogen) atoms. The fraction of sp³-hybridized carbons (Fsp3) is 0.133. The predicted molar refractivity (Wildman–Crippen MR) is 86.4 cm³/mol. The van der Waals surface area contributed by atoms with Gasteiger partial charge < -0.3 is 10.6 Å². The Morgan fingerprint density at radius 1 is 1.14 bits per heavy atom. The fourth-order valence-electron chi connectivity index (χ4n) is 2.42. The monoisotopic (exact) mass is 412 g/mol. The molecular formula is C15H11Br2FN2O. The number of rotatable bonds is 2. The maximum atomic E-state index is 14.0. The summed E-state index contributed by atoms with van der Waals surface area (Å²) in [5.41, 5.74) is 7.90. The molecule has 0 fully saturated rings. The predicted octanol–water partition coefficient (Wildman–Crippen LogP) is 3.90. The fourth-order valence-corrected chi connectivity index (χ4v) is 3.14. The van der Waals surface area contributed by atoms with Gasteiger partial charge in [-0.3, -0.25) is 4.79 Å². The van der Waals surface area contributed by atoms with Gasteiger partial charge >= 0.3 is 0 Å². The van der Waals surface area contributed by atoms with E-state index >= 15 is 0 Å². The average molecular weight is 414 g/mol. The van der Waals surface area contributed by atoms with Gasteiger partial charge in [0.25, 0.3) is 0 Å². The number of nitrogens with zero attached hydrogens (tertiary/aromatic N) is 1. The lowest BCUT2D eigenvalue weighted by Gasteiger charge is -2.18. The van der Waals surface area contributed by atoms with Gasteiger partial charge in [-0.05, 0) is 30.3 Å². The number of carbonyl (C=O) groups excluding carboxylic acids is 1. The number of amides is 1. The van der Waals surface area contributed by atoms with Crippen LogP contribution in [0.15, 0.2) is 45.3 Å². The third-order valence-electron chi connectivity index (χ3n) is 3.49. The molecule has 108 valence electrons. The van der Waals surface area contributed by atoms with Crippen molar-refractivity contribution in [2.24, 2.45) is 5.73 Å². The molecule has 0 saturated carbocycles. The molecule has 6 heteroatoms. The van der Waals surface area contributed by atoms with E-state index in [-0.39, 0.29) is 18.3 Å². The molecule has 0 saturated heterocycles. The number of nitrogens with two attached hydrogens (primary N) is 1. The standard InChI is InChI=1S/C15H11Br2FN2O/c16-9-3-4-13-11(5-9)14(19)15(21)20(13)7-8-1-2-10(17)6-12(8)18/h1-6,14H,7,19H2. The van der Waals surface area contributed by atoms with Crippen LogP contribution in [0.3, 0.4) is 0 Å². The van der Waals surface area contributed by atoms with E-state index in [1.54, 1.807) is 12.1 Å². The minimum Gasteiger partial charge on any atom is -0.316 e. The van der Waals surface area contributed by atoms with Crippen molar-refractivity contribution < 1.29 is 9.18 Å². The Labute approximate surface area is 138 Å². The van der Waals surface area contributed by atoms with E-state index in [2.05, 4.69) is 31.9 Å². The molecule has 1 aliphatic heterocycles. The molecule has 0 radical (unpaired) electrons. The van der Waals surface area contributed by atoms with Gasteiger partial charge in [-0.2, -0.15) is 0 Å². The second kappa shape index (κ2) is 5.51. The highest BCUT2D eigenvalue weighted by molar-refractivity contribution is 9.10. The highest BCUT2D eigenvalue weighted by Gasteiger charge is 2.35. The van der Waals surface area contributed by atoms with Crippen LogP contribution < -0.4 is 10.6 Å². The van der Waals surface area contributed by atoms with Gasteiger partial charge in [0.15, 0.2) is 0 Å². The first kappa shape index (κ1) is 14.7. The van der Waals surface area contributed by atoms with Crippen molar-refractivity contribution in [3.05, 3.63) is 62.3 Å². The number of hydrogen-bond acceptors (Lipinski definition) is 2. The molecule has 2 N–H and O–H groups in total. The number of anilines is 1. The normalized spacial score (nSPS) is 17.2. The Hall–Kier alpha value is -1.24. The average Bonchev–Trinajstić information content (AvgIpc) is 2.66. The van der Waals surface area contributed by atoms with Crippen molar-refractivity contribution >= 4 is 43.5 Å². The first-order valence-corrected chi connectivity index (χ1v) is 7.86. The highest BCUT2D eigenvalue weighted by Crippen LogP contribution is 2.37. The topological polar surface area (TPSA) is 46.3 Å². The van der Waals surface area contributed by atoms with Gasteiger partial charge in [-0.15, -0.1) is 0 Å². The van der Waals surface area contributed by atoms with Crippen LogP contribution in [0.1, 0.15) is 17.2 Å². The molecule has 2 aromatic carbocycles. The SMILES string of the molecule is NC1C(=O)N(Cc2ccc(Br)cc2F)c2ccc(Br)cc21. The highest BCUT2D eigenvalue weighted by atomic mass is 79.9. The summed E-state index contributed by atoms with van der Waals surface area (Å²) in [5.74, 6) is -0.568. The van der Waals surface area contributed by atoms with Crippen molar-refractivity contribution in [1.82, 2.24) is 0 Å². The lowest BCUT2D eigenvalue weighted by molar-refractivity contribution is -0.119. The maximum Gasteiger partial charge on any atom is 0.248 e. The van der Waals surface area contributed by atoms with Gasteiger partial charge in [0.05, 0.1) is 6.54 Å². The van der Waals surface area contributed by atoms with Crippen molar-refractivity contribution in [3.63, 3.8) is 0 Å². The molecule has 1 atom stereocenters. The lowest BCUT2D eigenvalue weighted by atomic mass is 10.1. The quantitative estimate of drug-likeness (QED) is 0.811. The number of fused-ring (bicyclic) bond motifs is 1. The molecule has 1 heterocycles. The van der Waals surface area contributed by atoms with Gasteiger partial charge in [0.2, 0.25) is 5.91 Å². The van der Waals surface area contributed by atoms with E-state index in [9.17, 15) is 9.18 Å². The Morgan fingerprint density at radius 2 is 1.81 bits per heavy atom. The van der Waals surface area contributed by atoms with E-state index < -0.39 is 6.04 Å². The van der Waals surface area contributed by atoms with E-state index in [0.29, 0.717) is 10.0 Å². The summed E-state index contributed by atoms with van der Waals surface area (Å²) in [7, 11) is 0. The molecule has 0 aliphatic carbocycles. The molecule has 0 spiro atoms. The molecule has 0 bridgehead atoms. The van der Waals surface area contributed by atoms with E-state index in [1.165, 1.54) is 11.0 Å². The van der Waals surface area contributed by atoms with Gasteiger partial charge in [0, 0.05) is 25.8 Å². The third kappa shape index (κ3) is 2.63. The van der Waals surface area contributed by atoms with Crippen LogP contribution in [0.2, 0.25) is 0 Å². The minimum atomic E-state index is -0.698. The van der Waals surface area contributed by atoms with Gasteiger partial charge in [-0.1, -0.05) is 37.9 Å². The Kier molecular flexibility index (Phi) is 3.86. The summed E-state index contributed by atoms with van der Waals surface area (Å²) in [5, 5.41) is 0. The van der Waals surface area contributed by atoms with Crippen molar-refractivity contribution in [2.45, 2.75) is 12.6 Å². The van der Waals surface area contributed by atoms with Crippen LogP contribution in [0.5, 0.6) is 0 Å². The van der Waals surface area contributed by atoms with Crippen LogP contribution in [0, 0.1) is 5.82 Å². The summed E-state index contributed by atoms with van der Waals surface area (Å²) >= 11 is 6.59. The largest absolute Gasteiger partial charge is 0.316 e. The van der Waals surface area contributed by atoms with Crippen molar-refractivity contribution in [2.75, 3.05) is 4.90 Å². The third-order valence-corrected chi connectivity index (χ3v) is 4.48. The molecule has 0 aromatic heterocycles. The number of carbonyl (C=O) groups is 1. The Morgan fingerprint density at radius 3 is 2.52 bits per heavy atom. The zero-order chi connectivity index (χ0) is 15.1. The molecule has 1 aliphatic rings. The van der Waals surface area contributed by atoms with Crippen LogP contribution in [-0.4, -0.2) is 5.91 Å². The number of halogens is 3. The molecule has 2 aromatic rings. The lowest BCUT2D eigenvalue weighted by Crippen LogP contribution is -2.31. The van der Waals surface area contributed by atoms with Crippen LogP contribution in [0.4, 0.5) is 10.1 Å². The van der Waals surface area contributed by atoms with Gasteiger partial charge in [-0.25, -0.2) is 4.39 Å². The number of benzene rings is 2. The summed E-state index contributed by atoms with van der Waals surface area (Å²) in [4.78, 5) is 13.8. The second-order valence-electron chi connectivity index (χ2n) is 4.84. The van der Waals surface area contributed by atoms with Crippen LogP contribution in [-0.2, 0) is 11.3 Å². The zero-order valence-electron chi connectivity index (χ0n) is 10.8. The van der Waals surface area contributed by atoms with E-state index in [0.717, 1.165) is 15.7 Å². The summed E-state index contributed by atoms with van der Waals surface area (Å²) in [6.07, 6.45) is 0. The molecule has 3 rings (SSSR count). The molecule has 3 nitrogen and oxygen atoms in total. The van der Waals surface area contributed by atoms with Crippen molar-refractivity contribution in [3.8, 4) is 0 Å². The first-order valence-electron chi connectivity index (χ1n) is 6.27. The summed E-state index contributed by atoms with van der Waals surface area (Å²) in [6.45, 7) is 0.167. The zero-order valence-corrected chi connectivity index (χ0v) is 14.0. The number of hydrogen-bond donors (Lipinski definition) is 1. The van der Waals surface area contributed by atoms with Crippen LogP contribution in [0.25, 0.3) is 0 Å². The van der Waals surface area contributed by atoms with Crippen LogP contribution >= 0.6 is 31.9 Å². The molecular weight excluding hydrogens is 403 g/mol. The minimum absolute atomic E-state index is 0.167. The summed E-state index contributed by atoms with van der Waals surface area (Å²) < 4.78 is 15.5. The first-order chi connectivity index (χ1) is 9.97. The second-order valence-corrected chi connectivity index (χ2v) is 6.67. The Bertz CT molecular complexity index is 736. The van der Waals surface area contributed by atoms with Gasteiger partial charge in [0.1, 0.15) is 11.9 Å². The molecule has 1 unspecified atom stereocenters.